The van der Waals surface area contributed by atoms with E-state index in [0.717, 1.165) is 58.0 Å². The molecule has 0 aromatic heterocycles. The Balaban J connectivity index is 1.43. The van der Waals surface area contributed by atoms with Gasteiger partial charge in [-0.05, 0) is 49.3 Å². The minimum atomic E-state index is 0.00115. The van der Waals surface area contributed by atoms with Crippen molar-refractivity contribution < 1.29 is 9.53 Å². The van der Waals surface area contributed by atoms with Crippen LogP contribution in [-0.2, 0) is 11.2 Å². The van der Waals surface area contributed by atoms with E-state index in [1.54, 1.807) is 7.11 Å². The lowest BCUT2D eigenvalue weighted by atomic mass is 9.91. The second kappa shape index (κ2) is 9.75. The Hall–Kier alpha value is -1.59. The lowest BCUT2D eigenvalue weighted by Crippen LogP contribution is -2.56. The molecule has 156 valence electrons. The van der Waals surface area contributed by atoms with Gasteiger partial charge in [0.15, 0.2) is 0 Å². The third kappa shape index (κ3) is 5.48. The predicted molar refractivity (Wildman–Crippen MR) is 114 cm³/mol. The van der Waals surface area contributed by atoms with E-state index in [1.165, 1.54) is 12.0 Å². The van der Waals surface area contributed by atoms with Gasteiger partial charge in [0.2, 0.25) is 5.91 Å². The van der Waals surface area contributed by atoms with E-state index in [9.17, 15) is 4.79 Å². The highest BCUT2D eigenvalue weighted by Crippen LogP contribution is 2.22. The maximum Gasteiger partial charge on any atom is 0.239 e. The molecule has 2 aliphatic heterocycles. The fourth-order valence-electron chi connectivity index (χ4n) is 4.72. The zero-order valence-electron chi connectivity index (χ0n) is 18.1. The highest BCUT2D eigenvalue weighted by Gasteiger charge is 2.32. The summed E-state index contributed by atoms with van der Waals surface area (Å²) in [7, 11) is 1.70. The third-order valence-electron chi connectivity index (χ3n) is 6.37. The van der Waals surface area contributed by atoms with Gasteiger partial charge in [-0.2, -0.15) is 0 Å². The van der Waals surface area contributed by atoms with E-state index in [0.29, 0.717) is 17.7 Å². The number of amides is 1. The molecule has 1 amide bonds. The SMILES string of the molecule is COc1ccc(CCN2CCN(C(C)C(=O)N3CC(C)CC(C)C3)CC2)cc1. The Morgan fingerprint density at radius 2 is 1.68 bits per heavy atom. The number of rotatable bonds is 6. The topological polar surface area (TPSA) is 36.0 Å². The van der Waals surface area contributed by atoms with E-state index in [4.69, 9.17) is 4.74 Å². The van der Waals surface area contributed by atoms with Gasteiger partial charge < -0.3 is 14.5 Å². The monoisotopic (exact) mass is 387 g/mol. The summed E-state index contributed by atoms with van der Waals surface area (Å²) in [6.07, 6.45) is 2.30. The molecule has 2 aliphatic rings. The number of carbonyl (C=O) groups is 1. The van der Waals surface area contributed by atoms with Crippen molar-refractivity contribution in [2.24, 2.45) is 11.8 Å². The van der Waals surface area contributed by atoms with Crippen molar-refractivity contribution >= 4 is 5.91 Å². The summed E-state index contributed by atoms with van der Waals surface area (Å²) in [5.41, 5.74) is 1.35. The third-order valence-corrected chi connectivity index (χ3v) is 6.37. The summed E-state index contributed by atoms with van der Waals surface area (Å²) >= 11 is 0. The van der Waals surface area contributed by atoms with Crippen LogP contribution in [0, 0.1) is 11.8 Å². The van der Waals surface area contributed by atoms with Crippen molar-refractivity contribution in [1.29, 1.82) is 0 Å². The molecule has 0 radical (unpaired) electrons. The van der Waals surface area contributed by atoms with Gasteiger partial charge in [-0.25, -0.2) is 0 Å². The Bertz CT molecular complexity index is 615. The van der Waals surface area contributed by atoms with Crippen LogP contribution in [0.4, 0.5) is 0 Å². The number of hydrogen-bond donors (Lipinski definition) is 0. The molecule has 0 bridgehead atoms. The standard InChI is InChI=1S/C23H37N3O2/c1-18-15-19(2)17-26(16-18)23(27)20(3)25-13-11-24(12-14-25)10-9-21-5-7-22(28-4)8-6-21/h5-8,18-20H,9-17H2,1-4H3. The molecule has 0 aliphatic carbocycles. The summed E-state index contributed by atoms with van der Waals surface area (Å²) in [6.45, 7) is 13.6. The molecule has 1 aromatic carbocycles. The molecule has 5 nitrogen and oxygen atoms in total. The quantitative estimate of drug-likeness (QED) is 0.752. The molecule has 28 heavy (non-hydrogen) atoms. The Morgan fingerprint density at radius 1 is 1.07 bits per heavy atom. The smallest absolute Gasteiger partial charge is 0.239 e. The van der Waals surface area contributed by atoms with E-state index < -0.39 is 0 Å². The van der Waals surface area contributed by atoms with Crippen LogP contribution in [0.15, 0.2) is 24.3 Å². The van der Waals surface area contributed by atoms with Gasteiger partial charge in [0.1, 0.15) is 5.75 Å². The largest absolute Gasteiger partial charge is 0.497 e. The molecule has 3 rings (SSSR count). The molecule has 2 heterocycles. The van der Waals surface area contributed by atoms with Crippen LogP contribution in [0.1, 0.15) is 32.8 Å². The van der Waals surface area contributed by atoms with Crippen molar-refractivity contribution in [2.75, 3.05) is 52.9 Å². The maximum atomic E-state index is 13.0. The lowest BCUT2D eigenvalue weighted by Gasteiger charge is -2.41. The van der Waals surface area contributed by atoms with Crippen LogP contribution in [0.3, 0.4) is 0 Å². The van der Waals surface area contributed by atoms with Crippen molar-refractivity contribution in [1.82, 2.24) is 14.7 Å². The molecule has 1 aromatic rings. The van der Waals surface area contributed by atoms with E-state index in [1.807, 2.05) is 12.1 Å². The number of hydrogen-bond acceptors (Lipinski definition) is 4. The van der Waals surface area contributed by atoms with Gasteiger partial charge >= 0.3 is 0 Å². The Kier molecular flexibility index (Phi) is 7.36. The first-order chi connectivity index (χ1) is 13.5. The highest BCUT2D eigenvalue weighted by atomic mass is 16.5. The second-order valence-electron chi connectivity index (χ2n) is 8.84. The van der Waals surface area contributed by atoms with E-state index in [-0.39, 0.29) is 6.04 Å². The molecular weight excluding hydrogens is 350 g/mol. The Morgan fingerprint density at radius 3 is 2.25 bits per heavy atom. The van der Waals surface area contributed by atoms with Gasteiger partial charge in [0.05, 0.1) is 13.2 Å². The molecule has 0 saturated carbocycles. The highest BCUT2D eigenvalue weighted by molar-refractivity contribution is 5.81. The first-order valence-corrected chi connectivity index (χ1v) is 10.8. The average Bonchev–Trinajstić information content (AvgIpc) is 2.71. The van der Waals surface area contributed by atoms with Crippen molar-refractivity contribution in [2.45, 2.75) is 39.7 Å². The molecular formula is C23H37N3O2. The molecule has 0 spiro atoms. The number of carbonyl (C=O) groups excluding carboxylic acids is 1. The predicted octanol–water partition coefficient (Wildman–Crippen LogP) is 2.75. The fraction of sp³-hybridized carbons (Fsp3) is 0.696. The molecule has 5 heteroatoms. The Labute approximate surface area is 170 Å². The van der Waals surface area contributed by atoms with Gasteiger partial charge in [-0.1, -0.05) is 26.0 Å². The average molecular weight is 388 g/mol. The summed E-state index contributed by atoms with van der Waals surface area (Å²) < 4.78 is 5.23. The van der Waals surface area contributed by atoms with Crippen molar-refractivity contribution in [3.8, 4) is 5.75 Å². The summed E-state index contributed by atoms with van der Waals surface area (Å²) in [6, 6.07) is 8.36. The van der Waals surface area contributed by atoms with Gasteiger partial charge in [0, 0.05) is 45.8 Å². The first kappa shape index (κ1) is 21.1. The number of piperazine rings is 1. The summed E-state index contributed by atoms with van der Waals surface area (Å²) in [5.74, 6) is 2.47. The first-order valence-electron chi connectivity index (χ1n) is 10.8. The normalized spacial score (nSPS) is 25.5. The van der Waals surface area contributed by atoms with E-state index in [2.05, 4.69) is 47.6 Å². The van der Waals surface area contributed by atoms with Crippen LogP contribution in [-0.4, -0.2) is 79.6 Å². The molecule has 0 N–H and O–H groups in total. The van der Waals surface area contributed by atoms with Gasteiger partial charge in [-0.15, -0.1) is 0 Å². The van der Waals surface area contributed by atoms with Crippen molar-refractivity contribution in [3.05, 3.63) is 29.8 Å². The number of nitrogens with zero attached hydrogens (tertiary/aromatic N) is 3. The van der Waals surface area contributed by atoms with Crippen LogP contribution in [0.25, 0.3) is 0 Å². The molecule has 2 fully saturated rings. The number of methoxy groups -OCH3 is 1. The molecule has 3 unspecified atom stereocenters. The number of piperidine rings is 1. The molecule has 3 atom stereocenters. The van der Waals surface area contributed by atoms with Crippen LogP contribution in [0.2, 0.25) is 0 Å². The minimum Gasteiger partial charge on any atom is -0.497 e. The fourth-order valence-corrected chi connectivity index (χ4v) is 4.72. The zero-order valence-corrected chi connectivity index (χ0v) is 18.1. The maximum absolute atomic E-state index is 13.0. The van der Waals surface area contributed by atoms with Crippen LogP contribution in [0.5, 0.6) is 5.75 Å². The van der Waals surface area contributed by atoms with Crippen LogP contribution < -0.4 is 4.74 Å². The van der Waals surface area contributed by atoms with Gasteiger partial charge in [-0.3, -0.25) is 9.69 Å². The van der Waals surface area contributed by atoms with Crippen LogP contribution >= 0.6 is 0 Å². The zero-order chi connectivity index (χ0) is 20.1. The van der Waals surface area contributed by atoms with Crippen molar-refractivity contribution in [3.63, 3.8) is 0 Å². The number of benzene rings is 1. The second-order valence-corrected chi connectivity index (χ2v) is 8.84. The van der Waals surface area contributed by atoms with E-state index >= 15 is 0 Å². The minimum absolute atomic E-state index is 0.00115. The summed E-state index contributed by atoms with van der Waals surface area (Å²) in [5, 5.41) is 0. The lowest BCUT2D eigenvalue weighted by molar-refractivity contribution is -0.139. The number of ether oxygens (including phenoxy) is 1. The van der Waals surface area contributed by atoms with Gasteiger partial charge in [0.25, 0.3) is 0 Å². The summed E-state index contributed by atoms with van der Waals surface area (Å²) in [4.78, 5) is 20.0. The molecule has 2 saturated heterocycles. The number of likely N-dealkylation sites (tertiary alicyclic amines) is 1.